The minimum atomic E-state index is -0.0984. The smallest absolute Gasteiger partial charge is 0.272 e. The van der Waals surface area contributed by atoms with Gasteiger partial charge in [-0.25, -0.2) is 0 Å². The number of hydrogen-bond acceptors (Lipinski definition) is 2. The van der Waals surface area contributed by atoms with Crippen LogP contribution in [0.4, 0.5) is 0 Å². The van der Waals surface area contributed by atoms with E-state index < -0.39 is 0 Å². The summed E-state index contributed by atoms with van der Waals surface area (Å²) in [7, 11) is 1.90. The number of amides is 1. The summed E-state index contributed by atoms with van der Waals surface area (Å²) in [6.07, 6.45) is 3.08. The molecule has 20 heavy (non-hydrogen) atoms. The van der Waals surface area contributed by atoms with Gasteiger partial charge in [0, 0.05) is 29.9 Å². The van der Waals surface area contributed by atoms with Crippen LogP contribution in [0.5, 0.6) is 0 Å². The van der Waals surface area contributed by atoms with Gasteiger partial charge in [0.15, 0.2) is 5.69 Å². The van der Waals surface area contributed by atoms with Gasteiger partial charge in [-0.05, 0) is 37.0 Å². The first-order valence-corrected chi connectivity index (χ1v) is 7.10. The van der Waals surface area contributed by atoms with Crippen molar-refractivity contribution >= 4 is 17.5 Å². The monoisotopic (exact) mass is 289 g/mol. The molecule has 3 rings (SSSR count). The number of fused-ring (bicyclic) bond motifs is 1. The molecule has 4 nitrogen and oxygen atoms in total. The second kappa shape index (κ2) is 5.29. The molecule has 1 amide bonds. The number of hydrogen-bond donors (Lipinski definition) is 1. The first-order chi connectivity index (χ1) is 9.65. The van der Waals surface area contributed by atoms with Crippen LogP contribution in [0.1, 0.15) is 33.7 Å². The SMILES string of the molecule is Cn1nc(C(=O)NCc2ccc(Cl)cc2)c2c1CCC2. The molecule has 0 radical (unpaired) electrons. The number of nitrogens with zero attached hydrogens (tertiary/aromatic N) is 2. The van der Waals surface area contributed by atoms with Gasteiger partial charge in [-0.2, -0.15) is 5.10 Å². The molecule has 1 aromatic heterocycles. The summed E-state index contributed by atoms with van der Waals surface area (Å²) in [6.45, 7) is 0.487. The van der Waals surface area contributed by atoms with Crippen molar-refractivity contribution in [2.45, 2.75) is 25.8 Å². The molecule has 0 fully saturated rings. The van der Waals surface area contributed by atoms with Gasteiger partial charge in [-0.15, -0.1) is 0 Å². The number of carbonyl (C=O) groups excluding carboxylic acids is 1. The Morgan fingerprint density at radius 1 is 1.35 bits per heavy atom. The number of aromatic nitrogens is 2. The van der Waals surface area contributed by atoms with Crippen LogP contribution in [0.3, 0.4) is 0 Å². The first-order valence-electron chi connectivity index (χ1n) is 6.72. The maximum Gasteiger partial charge on any atom is 0.272 e. The molecule has 1 heterocycles. The Bertz CT molecular complexity index is 646. The lowest BCUT2D eigenvalue weighted by Gasteiger charge is -2.04. The van der Waals surface area contributed by atoms with Crippen molar-refractivity contribution in [2.75, 3.05) is 0 Å². The quantitative estimate of drug-likeness (QED) is 0.944. The molecule has 1 aromatic carbocycles. The maximum absolute atomic E-state index is 12.2. The van der Waals surface area contributed by atoms with Crippen LogP contribution in [0, 0.1) is 0 Å². The van der Waals surface area contributed by atoms with E-state index in [1.165, 1.54) is 5.69 Å². The molecule has 1 aliphatic carbocycles. The van der Waals surface area contributed by atoms with Gasteiger partial charge in [0.25, 0.3) is 5.91 Å². The average molecular weight is 290 g/mol. The first kappa shape index (κ1) is 13.2. The van der Waals surface area contributed by atoms with E-state index in [0.717, 1.165) is 30.4 Å². The molecule has 0 saturated heterocycles. The molecule has 5 heteroatoms. The summed E-state index contributed by atoms with van der Waals surface area (Å²) in [5, 5.41) is 7.96. The van der Waals surface area contributed by atoms with Crippen molar-refractivity contribution in [3.63, 3.8) is 0 Å². The van der Waals surface area contributed by atoms with Crippen molar-refractivity contribution in [3.05, 3.63) is 51.8 Å². The predicted octanol–water partition coefficient (Wildman–Crippen LogP) is 2.49. The number of carbonyl (C=O) groups is 1. The number of nitrogens with one attached hydrogen (secondary N) is 1. The van der Waals surface area contributed by atoms with E-state index >= 15 is 0 Å². The Morgan fingerprint density at radius 2 is 2.10 bits per heavy atom. The fourth-order valence-electron chi connectivity index (χ4n) is 2.66. The molecule has 0 atom stereocenters. The summed E-state index contributed by atoms with van der Waals surface area (Å²) in [5.74, 6) is -0.0984. The number of halogens is 1. The highest BCUT2D eigenvalue weighted by molar-refractivity contribution is 6.30. The van der Waals surface area contributed by atoms with Crippen LogP contribution in [-0.4, -0.2) is 15.7 Å². The normalized spacial score (nSPS) is 13.3. The fourth-order valence-corrected chi connectivity index (χ4v) is 2.79. The van der Waals surface area contributed by atoms with Crippen molar-refractivity contribution < 1.29 is 4.79 Å². The summed E-state index contributed by atoms with van der Waals surface area (Å²) in [4.78, 5) is 12.2. The number of benzene rings is 1. The third-order valence-electron chi connectivity index (χ3n) is 3.70. The van der Waals surface area contributed by atoms with Gasteiger partial charge >= 0.3 is 0 Å². The Labute approximate surface area is 122 Å². The van der Waals surface area contributed by atoms with Gasteiger partial charge in [0.1, 0.15) is 0 Å². The lowest BCUT2D eigenvalue weighted by Crippen LogP contribution is -2.24. The van der Waals surface area contributed by atoms with Gasteiger partial charge in [0.05, 0.1) is 0 Å². The van der Waals surface area contributed by atoms with E-state index in [4.69, 9.17) is 11.6 Å². The number of rotatable bonds is 3. The Morgan fingerprint density at radius 3 is 2.85 bits per heavy atom. The van der Waals surface area contributed by atoms with E-state index in [2.05, 4.69) is 10.4 Å². The van der Waals surface area contributed by atoms with Crippen LogP contribution in [0.15, 0.2) is 24.3 Å². The highest BCUT2D eigenvalue weighted by Gasteiger charge is 2.24. The van der Waals surface area contributed by atoms with Gasteiger partial charge in [0.2, 0.25) is 0 Å². The molecule has 0 bridgehead atoms. The zero-order valence-corrected chi connectivity index (χ0v) is 12.1. The predicted molar refractivity (Wildman–Crippen MR) is 77.9 cm³/mol. The van der Waals surface area contributed by atoms with Crippen LogP contribution in [0.25, 0.3) is 0 Å². The number of aryl methyl sites for hydroxylation is 1. The van der Waals surface area contributed by atoms with Crippen molar-refractivity contribution in [3.8, 4) is 0 Å². The third kappa shape index (κ3) is 2.43. The lowest BCUT2D eigenvalue weighted by atomic mass is 10.2. The fraction of sp³-hybridized carbons (Fsp3) is 0.333. The van der Waals surface area contributed by atoms with E-state index in [9.17, 15) is 4.79 Å². The second-order valence-electron chi connectivity index (χ2n) is 5.06. The molecule has 0 aliphatic heterocycles. The molecule has 0 spiro atoms. The van der Waals surface area contributed by atoms with E-state index in [-0.39, 0.29) is 5.91 Å². The van der Waals surface area contributed by atoms with Crippen LogP contribution < -0.4 is 5.32 Å². The maximum atomic E-state index is 12.2. The molecule has 0 unspecified atom stereocenters. The molecule has 1 aliphatic rings. The minimum Gasteiger partial charge on any atom is -0.347 e. The molecule has 0 saturated carbocycles. The lowest BCUT2D eigenvalue weighted by molar-refractivity contribution is 0.0944. The topological polar surface area (TPSA) is 46.9 Å². The Balaban J connectivity index is 1.71. The molecule has 1 N–H and O–H groups in total. The highest BCUT2D eigenvalue weighted by Crippen LogP contribution is 2.24. The highest BCUT2D eigenvalue weighted by atomic mass is 35.5. The third-order valence-corrected chi connectivity index (χ3v) is 3.95. The van der Waals surface area contributed by atoms with E-state index in [0.29, 0.717) is 17.3 Å². The molecular weight excluding hydrogens is 274 g/mol. The average Bonchev–Trinajstić information content (AvgIpc) is 3.02. The summed E-state index contributed by atoms with van der Waals surface area (Å²) in [6, 6.07) is 7.46. The molecular formula is C15H16ClN3O. The zero-order chi connectivity index (χ0) is 14.1. The van der Waals surface area contributed by atoms with Gasteiger partial charge in [-0.1, -0.05) is 23.7 Å². The summed E-state index contributed by atoms with van der Waals surface area (Å²) >= 11 is 5.84. The van der Waals surface area contributed by atoms with Crippen molar-refractivity contribution in [2.24, 2.45) is 7.05 Å². The largest absolute Gasteiger partial charge is 0.347 e. The molecule has 104 valence electrons. The van der Waals surface area contributed by atoms with Crippen LogP contribution in [-0.2, 0) is 26.4 Å². The minimum absolute atomic E-state index is 0.0984. The zero-order valence-electron chi connectivity index (χ0n) is 11.3. The molecule has 2 aromatic rings. The van der Waals surface area contributed by atoms with Gasteiger partial charge < -0.3 is 5.32 Å². The van der Waals surface area contributed by atoms with Crippen LogP contribution in [0.2, 0.25) is 5.02 Å². The van der Waals surface area contributed by atoms with E-state index in [1.54, 1.807) is 0 Å². The van der Waals surface area contributed by atoms with Crippen molar-refractivity contribution in [1.29, 1.82) is 0 Å². The summed E-state index contributed by atoms with van der Waals surface area (Å²) in [5.41, 5.74) is 3.91. The van der Waals surface area contributed by atoms with Crippen molar-refractivity contribution in [1.82, 2.24) is 15.1 Å². The Kier molecular flexibility index (Phi) is 3.49. The van der Waals surface area contributed by atoms with Crippen LogP contribution >= 0.6 is 11.6 Å². The summed E-state index contributed by atoms with van der Waals surface area (Å²) < 4.78 is 1.83. The van der Waals surface area contributed by atoms with Gasteiger partial charge in [-0.3, -0.25) is 9.48 Å². The van der Waals surface area contributed by atoms with E-state index in [1.807, 2.05) is 36.0 Å². The standard InChI is InChI=1S/C15H16ClN3O/c1-19-13-4-2-3-12(13)14(18-19)15(20)17-9-10-5-7-11(16)8-6-10/h5-8H,2-4,9H2,1H3,(H,17,20). The second-order valence-corrected chi connectivity index (χ2v) is 5.50. The Hall–Kier alpha value is -1.81.